The molecule has 3 heterocycles. The fourth-order valence-electron chi connectivity index (χ4n) is 4.44. The Morgan fingerprint density at radius 2 is 1.95 bits per heavy atom. The van der Waals surface area contributed by atoms with Crippen LogP contribution in [-0.4, -0.2) is 36.6 Å². The quantitative estimate of drug-likeness (QED) is 0.231. The molecule has 0 saturated heterocycles. The Kier molecular flexibility index (Phi) is 7.35. The maximum atomic E-state index is 14.2. The summed E-state index contributed by atoms with van der Waals surface area (Å²) in [5.41, 5.74) is -0.650. The zero-order chi connectivity index (χ0) is 26.7. The molecular formula is C27H29F3N6O2. The lowest BCUT2D eigenvalue weighted by Gasteiger charge is -2.16. The number of ether oxygens (including phenoxy) is 1. The summed E-state index contributed by atoms with van der Waals surface area (Å²) in [4.78, 5) is 20.0. The number of alkyl halides is 3. The molecule has 1 aromatic carbocycles. The molecular weight excluding hydrogens is 497 g/mol. The average Bonchev–Trinajstić information content (AvgIpc) is 3.32. The molecule has 11 heteroatoms. The molecule has 0 radical (unpaired) electrons. The van der Waals surface area contributed by atoms with Crippen LogP contribution in [0.1, 0.15) is 51.0 Å². The highest BCUT2D eigenvalue weighted by Crippen LogP contribution is 2.40. The SMILES string of the molecule is CCCCCCOc1ccc(-c2cc(-c3ccn(CC4CC4)n3)c(-c3ncn[nH]3)c(=O)[nH]2)c(C(F)(F)F)c1. The van der Waals surface area contributed by atoms with Crippen molar-refractivity contribution in [3.8, 4) is 39.7 Å². The van der Waals surface area contributed by atoms with Crippen LogP contribution in [0.25, 0.3) is 33.9 Å². The molecule has 0 bridgehead atoms. The van der Waals surface area contributed by atoms with E-state index in [2.05, 4.69) is 32.2 Å². The van der Waals surface area contributed by atoms with Crippen LogP contribution >= 0.6 is 0 Å². The molecule has 8 nitrogen and oxygen atoms in total. The van der Waals surface area contributed by atoms with Gasteiger partial charge in [0.1, 0.15) is 12.1 Å². The molecule has 0 aliphatic heterocycles. The van der Waals surface area contributed by atoms with E-state index in [1.165, 1.54) is 24.5 Å². The summed E-state index contributed by atoms with van der Waals surface area (Å²) in [6.07, 6.45) is 4.54. The van der Waals surface area contributed by atoms with Gasteiger partial charge in [0.05, 0.1) is 23.4 Å². The first kappa shape index (κ1) is 25.7. The standard InChI is InChI=1S/C27H29F3N6O2/c1-2-3-4-5-12-38-18-8-9-19(21(13-18)27(28,29)30)23-14-20(22-10-11-36(35-22)15-17-6-7-17)24(26(37)33-23)25-31-16-32-34-25/h8-11,13-14,16-17H,2-7,12,15H2,1H3,(H,33,37)(H,31,32,34). The number of hydrogen-bond donors (Lipinski definition) is 2. The lowest BCUT2D eigenvalue weighted by Crippen LogP contribution is -2.15. The average molecular weight is 527 g/mol. The molecule has 0 unspecified atom stereocenters. The largest absolute Gasteiger partial charge is 0.494 e. The van der Waals surface area contributed by atoms with Gasteiger partial charge in [0.25, 0.3) is 5.56 Å². The van der Waals surface area contributed by atoms with Gasteiger partial charge in [0.2, 0.25) is 0 Å². The molecule has 2 N–H and O–H groups in total. The molecule has 0 atom stereocenters. The minimum absolute atomic E-state index is 0.0202. The molecule has 200 valence electrons. The van der Waals surface area contributed by atoms with E-state index in [0.29, 0.717) is 23.8 Å². The zero-order valence-corrected chi connectivity index (χ0v) is 21.0. The van der Waals surface area contributed by atoms with Crippen LogP contribution in [0, 0.1) is 5.92 Å². The predicted octanol–water partition coefficient (Wildman–Crippen LogP) is 6.08. The van der Waals surface area contributed by atoms with Crippen LogP contribution in [-0.2, 0) is 12.7 Å². The maximum Gasteiger partial charge on any atom is 0.417 e. The predicted molar refractivity (Wildman–Crippen MR) is 136 cm³/mol. The number of rotatable bonds is 11. The molecule has 1 fully saturated rings. The number of nitrogens with zero attached hydrogens (tertiary/aromatic N) is 4. The summed E-state index contributed by atoms with van der Waals surface area (Å²) < 4.78 is 49.9. The highest BCUT2D eigenvalue weighted by atomic mass is 19.4. The molecule has 5 rings (SSSR count). The van der Waals surface area contributed by atoms with Crippen molar-refractivity contribution in [3.63, 3.8) is 0 Å². The van der Waals surface area contributed by atoms with Crippen molar-refractivity contribution in [2.24, 2.45) is 5.92 Å². The third-order valence-electron chi connectivity index (χ3n) is 6.60. The normalized spacial score (nSPS) is 13.7. The van der Waals surface area contributed by atoms with Crippen LogP contribution in [0.4, 0.5) is 13.2 Å². The first-order valence-corrected chi connectivity index (χ1v) is 12.8. The van der Waals surface area contributed by atoms with E-state index in [1.807, 2.05) is 6.20 Å². The fourth-order valence-corrected chi connectivity index (χ4v) is 4.44. The van der Waals surface area contributed by atoms with Gasteiger partial charge in [-0.15, -0.1) is 0 Å². The number of hydrogen-bond acceptors (Lipinski definition) is 5. The number of nitrogens with one attached hydrogen (secondary N) is 2. The Hall–Kier alpha value is -3.89. The number of H-pyrrole nitrogens is 2. The smallest absolute Gasteiger partial charge is 0.417 e. The van der Waals surface area contributed by atoms with Crippen LogP contribution in [0.3, 0.4) is 0 Å². The van der Waals surface area contributed by atoms with Gasteiger partial charge in [0.15, 0.2) is 5.82 Å². The van der Waals surface area contributed by atoms with Gasteiger partial charge in [-0.2, -0.15) is 23.4 Å². The van der Waals surface area contributed by atoms with Crippen molar-refractivity contribution in [3.05, 3.63) is 58.8 Å². The van der Waals surface area contributed by atoms with Crippen molar-refractivity contribution in [1.82, 2.24) is 29.9 Å². The second kappa shape index (κ2) is 10.8. The molecule has 38 heavy (non-hydrogen) atoms. The van der Waals surface area contributed by atoms with Crippen LogP contribution in [0.15, 0.2) is 47.7 Å². The molecule has 0 spiro atoms. The van der Waals surface area contributed by atoms with Gasteiger partial charge in [0, 0.05) is 29.6 Å². The Labute approximate surface area is 217 Å². The Bertz CT molecular complexity index is 1440. The van der Waals surface area contributed by atoms with E-state index in [0.717, 1.165) is 51.1 Å². The van der Waals surface area contributed by atoms with E-state index in [-0.39, 0.29) is 28.4 Å². The van der Waals surface area contributed by atoms with Gasteiger partial charge in [-0.1, -0.05) is 26.2 Å². The van der Waals surface area contributed by atoms with Gasteiger partial charge in [-0.3, -0.25) is 14.6 Å². The Morgan fingerprint density at radius 3 is 2.66 bits per heavy atom. The Balaban J connectivity index is 1.55. The number of aromatic nitrogens is 6. The number of halogens is 3. The van der Waals surface area contributed by atoms with E-state index in [4.69, 9.17) is 4.74 Å². The van der Waals surface area contributed by atoms with Crippen molar-refractivity contribution in [2.75, 3.05) is 6.61 Å². The molecule has 1 aliphatic rings. The van der Waals surface area contributed by atoms with Crippen LogP contribution in [0.5, 0.6) is 5.75 Å². The van der Waals surface area contributed by atoms with Crippen molar-refractivity contribution in [2.45, 2.75) is 58.2 Å². The highest BCUT2D eigenvalue weighted by molar-refractivity contribution is 5.82. The van der Waals surface area contributed by atoms with Gasteiger partial charge < -0.3 is 9.72 Å². The second-order valence-corrected chi connectivity index (χ2v) is 9.62. The minimum atomic E-state index is -4.66. The van der Waals surface area contributed by atoms with E-state index >= 15 is 0 Å². The lowest BCUT2D eigenvalue weighted by molar-refractivity contribution is -0.137. The van der Waals surface area contributed by atoms with Crippen LogP contribution in [0.2, 0.25) is 0 Å². The molecule has 4 aromatic rings. The first-order chi connectivity index (χ1) is 18.3. The summed E-state index contributed by atoms with van der Waals surface area (Å²) in [5.74, 6) is 0.914. The summed E-state index contributed by atoms with van der Waals surface area (Å²) >= 11 is 0. The number of pyridine rings is 1. The van der Waals surface area contributed by atoms with Gasteiger partial charge in [-0.05, 0) is 55.5 Å². The third kappa shape index (κ3) is 5.81. The van der Waals surface area contributed by atoms with Gasteiger partial charge >= 0.3 is 6.18 Å². The zero-order valence-electron chi connectivity index (χ0n) is 21.0. The van der Waals surface area contributed by atoms with Crippen LogP contribution < -0.4 is 10.3 Å². The first-order valence-electron chi connectivity index (χ1n) is 12.8. The van der Waals surface area contributed by atoms with Crippen molar-refractivity contribution in [1.29, 1.82) is 0 Å². The summed E-state index contributed by atoms with van der Waals surface area (Å²) in [6.45, 7) is 3.18. The van der Waals surface area contributed by atoms with Crippen molar-refractivity contribution >= 4 is 0 Å². The highest BCUT2D eigenvalue weighted by Gasteiger charge is 2.35. The van der Waals surface area contributed by atoms with E-state index in [9.17, 15) is 18.0 Å². The van der Waals surface area contributed by atoms with Gasteiger partial charge in [-0.25, -0.2) is 4.98 Å². The monoisotopic (exact) mass is 526 g/mol. The summed E-state index contributed by atoms with van der Waals surface area (Å²) in [5, 5.41) is 11.1. The number of unbranched alkanes of at least 4 members (excludes halogenated alkanes) is 3. The van der Waals surface area contributed by atoms with E-state index < -0.39 is 17.3 Å². The van der Waals surface area contributed by atoms with E-state index in [1.54, 1.807) is 10.7 Å². The topological polar surface area (TPSA) is 101 Å². The maximum absolute atomic E-state index is 14.2. The molecule has 1 saturated carbocycles. The lowest BCUT2D eigenvalue weighted by atomic mass is 9.98. The third-order valence-corrected chi connectivity index (χ3v) is 6.60. The number of benzene rings is 1. The number of aromatic amines is 2. The fraction of sp³-hybridized carbons (Fsp3) is 0.407. The molecule has 3 aromatic heterocycles. The Morgan fingerprint density at radius 1 is 1.11 bits per heavy atom. The molecule has 0 amide bonds. The summed E-state index contributed by atoms with van der Waals surface area (Å²) in [7, 11) is 0. The van der Waals surface area contributed by atoms with Crippen molar-refractivity contribution < 1.29 is 17.9 Å². The summed E-state index contributed by atoms with van der Waals surface area (Å²) in [6, 6.07) is 7.08. The second-order valence-electron chi connectivity index (χ2n) is 9.62. The minimum Gasteiger partial charge on any atom is -0.494 e. The molecule has 1 aliphatic carbocycles.